The molecule has 0 aromatic heterocycles. The van der Waals surface area contributed by atoms with Crippen LogP contribution in [-0.4, -0.2) is 23.4 Å². The molecule has 2 N–H and O–H groups in total. The van der Waals surface area contributed by atoms with Crippen LogP contribution in [0.1, 0.15) is 17.5 Å². The van der Waals surface area contributed by atoms with E-state index in [1.54, 1.807) is 6.07 Å². The number of primary amides is 1. The minimum absolute atomic E-state index is 0.277. The first-order valence-corrected chi connectivity index (χ1v) is 5.56. The van der Waals surface area contributed by atoms with Crippen LogP contribution in [0.25, 0.3) is 0 Å². The molecule has 0 saturated carbocycles. The van der Waals surface area contributed by atoms with E-state index in [2.05, 4.69) is 6.07 Å². The van der Waals surface area contributed by atoms with Crippen molar-refractivity contribution in [3.63, 3.8) is 0 Å². The van der Waals surface area contributed by atoms with Crippen molar-refractivity contribution in [2.45, 2.75) is 19.0 Å². The second-order valence-electron chi connectivity index (χ2n) is 4.15. The van der Waals surface area contributed by atoms with Crippen LogP contribution in [0.3, 0.4) is 0 Å². The van der Waals surface area contributed by atoms with E-state index in [0.29, 0.717) is 12.1 Å². The van der Waals surface area contributed by atoms with Gasteiger partial charge in [-0.2, -0.15) is 5.26 Å². The zero-order valence-electron chi connectivity index (χ0n) is 9.47. The SMILES string of the molecule is N#Cc1cccc(CN2CC[CH]C2C(N)=O)c1. The summed E-state index contributed by atoms with van der Waals surface area (Å²) in [5.41, 5.74) is 7.01. The lowest BCUT2D eigenvalue weighted by atomic mass is 10.1. The van der Waals surface area contributed by atoms with Crippen molar-refractivity contribution in [1.29, 1.82) is 5.26 Å². The highest BCUT2D eigenvalue weighted by atomic mass is 16.1. The third kappa shape index (κ3) is 2.63. The third-order valence-corrected chi connectivity index (χ3v) is 2.93. The molecule has 2 rings (SSSR count). The molecule has 0 spiro atoms. The monoisotopic (exact) mass is 228 g/mol. The summed E-state index contributed by atoms with van der Waals surface area (Å²) >= 11 is 0. The molecule has 1 saturated heterocycles. The second-order valence-corrected chi connectivity index (χ2v) is 4.15. The van der Waals surface area contributed by atoms with E-state index in [-0.39, 0.29) is 11.9 Å². The zero-order valence-corrected chi connectivity index (χ0v) is 9.47. The van der Waals surface area contributed by atoms with Gasteiger partial charge in [0.2, 0.25) is 5.91 Å². The fourth-order valence-corrected chi connectivity index (χ4v) is 2.13. The predicted molar refractivity (Wildman–Crippen MR) is 63.5 cm³/mol. The number of nitrogens with zero attached hydrogens (tertiary/aromatic N) is 2. The molecule has 4 nitrogen and oxygen atoms in total. The van der Waals surface area contributed by atoms with Gasteiger partial charge in [0.25, 0.3) is 0 Å². The van der Waals surface area contributed by atoms with Crippen LogP contribution in [0.5, 0.6) is 0 Å². The fraction of sp³-hybridized carbons (Fsp3) is 0.308. The van der Waals surface area contributed by atoms with Gasteiger partial charge in [-0.05, 0) is 37.1 Å². The molecule has 1 amide bonds. The highest BCUT2D eigenvalue weighted by molar-refractivity contribution is 5.81. The Labute approximate surface area is 101 Å². The molecule has 4 heteroatoms. The van der Waals surface area contributed by atoms with E-state index >= 15 is 0 Å². The van der Waals surface area contributed by atoms with E-state index in [1.165, 1.54) is 0 Å². The van der Waals surface area contributed by atoms with Crippen molar-refractivity contribution in [2.24, 2.45) is 5.73 Å². The van der Waals surface area contributed by atoms with Crippen LogP contribution in [-0.2, 0) is 11.3 Å². The van der Waals surface area contributed by atoms with Gasteiger partial charge < -0.3 is 5.73 Å². The number of hydrogen-bond donors (Lipinski definition) is 1. The van der Waals surface area contributed by atoms with Crippen LogP contribution in [0.4, 0.5) is 0 Å². The number of benzene rings is 1. The number of rotatable bonds is 3. The standard InChI is InChI=1S/C13H14N3O/c14-8-10-3-1-4-11(7-10)9-16-6-2-5-12(16)13(15)17/h1,3-5,7,12H,2,6,9H2,(H2,15,17). The number of carbonyl (C=O) groups is 1. The lowest BCUT2D eigenvalue weighted by Gasteiger charge is -2.21. The summed E-state index contributed by atoms with van der Waals surface area (Å²) in [5.74, 6) is -0.307. The summed E-state index contributed by atoms with van der Waals surface area (Å²) in [4.78, 5) is 13.2. The molecular weight excluding hydrogens is 214 g/mol. The Morgan fingerprint density at radius 1 is 1.59 bits per heavy atom. The first-order chi connectivity index (χ1) is 8.20. The molecule has 0 aliphatic carbocycles. The average molecular weight is 228 g/mol. The van der Waals surface area contributed by atoms with Gasteiger partial charge in [-0.3, -0.25) is 9.69 Å². The van der Waals surface area contributed by atoms with Crippen molar-refractivity contribution >= 4 is 5.91 Å². The van der Waals surface area contributed by atoms with Crippen molar-refractivity contribution < 1.29 is 4.79 Å². The van der Waals surface area contributed by atoms with Crippen molar-refractivity contribution in [3.05, 3.63) is 41.8 Å². The minimum Gasteiger partial charge on any atom is -0.368 e. The Morgan fingerprint density at radius 3 is 3.12 bits per heavy atom. The number of hydrogen-bond acceptors (Lipinski definition) is 3. The van der Waals surface area contributed by atoms with E-state index in [4.69, 9.17) is 11.0 Å². The molecule has 1 radical (unpaired) electrons. The molecule has 1 aliphatic rings. The molecule has 1 aromatic rings. The van der Waals surface area contributed by atoms with E-state index < -0.39 is 0 Å². The maximum Gasteiger partial charge on any atom is 0.235 e. The largest absolute Gasteiger partial charge is 0.368 e. The first kappa shape index (κ1) is 11.6. The van der Waals surface area contributed by atoms with Gasteiger partial charge in [0, 0.05) is 6.54 Å². The topological polar surface area (TPSA) is 70.1 Å². The van der Waals surface area contributed by atoms with Gasteiger partial charge >= 0.3 is 0 Å². The van der Waals surface area contributed by atoms with Gasteiger partial charge in [0.1, 0.15) is 0 Å². The lowest BCUT2D eigenvalue weighted by molar-refractivity contribution is -0.121. The third-order valence-electron chi connectivity index (χ3n) is 2.93. The van der Waals surface area contributed by atoms with Crippen molar-refractivity contribution in [2.75, 3.05) is 6.54 Å². The maximum atomic E-state index is 11.2. The molecule has 1 heterocycles. The molecule has 17 heavy (non-hydrogen) atoms. The van der Waals surface area contributed by atoms with Crippen LogP contribution >= 0.6 is 0 Å². The van der Waals surface area contributed by atoms with Gasteiger partial charge in [-0.15, -0.1) is 0 Å². The Balaban J connectivity index is 2.10. The molecule has 1 atom stereocenters. The second kappa shape index (κ2) is 4.98. The van der Waals surface area contributed by atoms with E-state index in [9.17, 15) is 4.79 Å². The Morgan fingerprint density at radius 2 is 2.41 bits per heavy atom. The van der Waals surface area contributed by atoms with Crippen molar-refractivity contribution in [1.82, 2.24) is 4.90 Å². The smallest absolute Gasteiger partial charge is 0.235 e. The quantitative estimate of drug-likeness (QED) is 0.832. The molecule has 1 fully saturated rings. The first-order valence-electron chi connectivity index (χ1n) is 5.56. The van der Waals surface area contributed by atoms with Crippen LogP contribution in [0.2, 0.25) is 0 Å². The molecule has 87 valence electrons. The van der Waals surface area contributed by atoms with Gasteiger partial charge in [0.15, 0.2) is 0 Å². The average Bonchev–Trinajstić information content (AvgIpc) is 2.77. The number of nitrogens with two attached hydrogens (primary N) is 1. The zero-order chi connectivity index (χ0) is 12.3. The Hall–Kier alpha value is -1.86. The lowest BCUT2D eigenvalue weighted by Crippen LogP contribution is -2.40. The highest BCUT2D eigenvalue weighted by Gasteiger charge is 2.28. The molecular formula is C13H14N3O. The Bertz CT molecular complexity index is 464. The molecule has 1 unspecified atom stereocenters. The maximum absolute atomic E-state index is 11.2. The Kier molecular flexibility index (Phi) is 3.40. The highest BCUT2D eigenvalue weighted by Crippen LogP contribution is 2.19. The van der Waals surface area contributed by atoms with Gasteiger partial charge in [-0.25, -0.2) is 0 Å². The summed E-state index contributed by atoms with van der Waals surface area (Å²) in [5, 5.41) is 8.82. The molecule has 1 aliphatic heterocycles. The predicted octanol–water partition coefficient (Wildman–Crippen LogP) is 0.822. The summed E-state index contributed by atoms with van der Waals surface area (Å²) in [7, 11) is 0. The summed E-state index contributed by atoms with van der Waals surface area (Å²) < 4.78 is 0. The molecule has 0 bridgehead atoms. The van der Waals surface area contributed by atoms with Crippen LogP contribution in [0.15, 0.2) is 24.3 Å². The number of amides is 1. The fourth-order valence-electron chi connectivity index (χ4n) is 2.13. The van der Waals surface area contributed by atoms with Gasteiger partial charge in [0.05, 0.1) is 17.7 Å². The summed E-state index contributed by atoms with van der Waals surface area (Å²) in [6, 6.07) is 9.25. The summed E-state index contributed by atoms with van der Waals surface area (Å²) in [6.45, 7) is 1.49. The summed E-state index contributed by atoms with van der Waals surface area (Å²) in [6.07, 6.45) is 2.82. The minimum atomic E-state index is -0.307. The van der Waals surface area contributed by atoms with Crippen LogP contribution < -0.4 is 5.73 Å². The van der Waals surface area contributed by atoms with E-state index in [1.807, 2.05) is 29.5 Å². The normalized spacial score (nSPS) is 20.1. The van der Waals surface area contributed by atoms with Crippen molar-refractivity contribution in [3.8, 4) is 6.07 Å². The number of nitriles is 1. The van der Waals surface area contributed by atoms with Crippen LogP contribution in [0, 0.1) is 17.8 Å². The number of carbonyl (C=O) groups excluding carboxylic acids is 1. The molecule has 1 aromatic carbocycles. The number of likely N-dealkylation sites (tertiary alicyclic amines) is 1. The van der Waals surface area contributed by atoms with E-state index in [0.717, 1.165) is 18.5 Å². The van der Waals surface area contributed by atoms with Gasteiger partial charge in [-0.1, -0.05) is 12.1 Å².